The average Bonchev–Trinajstić information content (AvgIpc) is 2.32. The molecular weight excluding hydrogens is 216 g/mol. The van der Waals surface area contributed by atoms with Crippen LogP contribution in [0, 0.1) is 0 Å². The molecule has 0 aliphatic heterocycles. The lowest BCUT2D eigenvalue weighted by atomic mass is 10.0. The van der Waals surface area contributed by atoms with Crippen molar-refractivity contribution in [1.29, 1.82) is 0 Å². The van der Waals surface area contributed by atoms with Crippen LogP contribution in [0.1, 0.15) is 55.8 Å². The van der Waals surface area contributed by atoms with E-state index >= 15 is 0 Å². The van der Waals surface area contributed by atoms with Gasteiger partial charge in [-0.3, -0.25) is 4.79 Å². The summed E-state index contributed by atoms with van der Waals surface area (Å²) < 4.78 is 0. The molecule has 0 heterocycles. The van der Waals surface area contributed by atoms with Crippen LogP contribution in [-0.4, -0.2) is 16.0 Å². The summed E-state index contributed by atoms with van der Waals surface area (Å²) in [6, 6.07) is 4.48. The highest BCUT2D eigenvalue weighted by Gasteiger charge is 2.13. The van der Waals surface area contributed by atoms with Gasteiger partial charge in [-0.2, -0.15) is 0 Å². The smallest absolute Gasteiger partial charge is 0.168 e. The summed E-state index contributed by atoms with van der Waals surface area (Å²) in [5.74, 6) is -0.636. The summed E-state index contributed by atoms with van der Waals surface area (Å²) in [5, 5.41) is 18.8. The third-order valence-electron chi connectivity index (χ3n) is 2.82. The van der Waals surface area contributed by atoms with Crippen LogP contribution in [0.25, 0.3) is 0 Å². The second-order valence-electron chi connectivity index (χ2n) is 4.26. The van der Waals surface area contributed by atoms with Gasteiger partial charge in [-0.1, -0.05) is 38.7 Å². The number of carbonyl (C=O) groups excluding carboxylic acids is 1. The average molecular weight is 236 g/mol. The van der Waals surface area contributed by atoms with Crippen molar-refractivity contribution in [2.45, 2.75) is 45.4 Å². The van der Waals surface area contributed by atoms with Crippen LogP contribution < -0.4 is 0 Å². The van der Waals surface area contributed by atoms with E-state index in [-0.39, 0.29) is 22.8 Å². The number of phenolic OH excluding ortho intramolecular Hbond substituents is 2. The van der Waals surface area contributed by atoms with Crippen LogP contribution in [0.5, 0.6) is 11.5 Å². The van der Waals surface area contributed by atoms with Crippen LogP contribution >= 0.6 is 0 Å². The maximum Gasteiger partial charge on any atom is 0.168 e. The minimum absolute atomic E-state index is 0.102. The maximum absolute atomic E-state index is 11.8. The fraction of sp³-hybridized carbons (Fsp3) is 0.500. The highest BCUT2D eigenvalue weighted by Crippen LogP contribution is 2.29. The van der Waals surface area contributed by atoms with Gasteiger partial charge < -0.3 is 10.2 Å². The Balaban J connectivity index is 2.44. The fourth-order valence-corrected chi connectivity index (χ4v) is 1.78. The van der Waals surface area contributed by atoms with Gasteiger partial charge in [0.05, 0.1) is 5.56 Å². The number of Topliss-reactive ketones (excluding diaryl/α,β-unsaturated/α-hetero) is 1. The molecule has 1 aromatic rings. The third kappa shape index (κ3) is 4.10. The van der Waals surface area contributed by atoms with E-state index in [0.717, 1.165) is 19.3 Å². The molecule has 17 heavy (non-hydrogen) atoms. The van der Waals surface area contributed by atoms with Gasteiger partial charge in [-0.05, 0) is 18.6 Å². The zero-order valence-electron chi connectivity index (χ0n) is 10.3. The molecule has 0 aromatic heterocycles. The number of hydrogen-bond donors (Lipinski definition) is 2. The molecule has 0 saturated carbocycles. The highest BCUT2D eigenvalue weighted by molar-refractivity contribution is 5.99. The summed E-state index contributed by atoms with van der Waals surface area (Å²) in [5.41, 5.74) is 0.223. The Labute approximate surface area is 102 Å². The normalized spacial score (nSPS) is 10.4. The number of benzene rings is 1. The van der Waals surface area contributed by atoms with Gasteiger partial charge in [0.25, 0.3) is 0 Å². The topological polar surface area (TPSA) is 57.5 Å². The molecule has 3 heteroatoms. The number of ketones is 1. The van der Waals surface area contributed by atoms with Gasteiger partial charge in [-0.15, -0.1) is 0 Å². The summed E-state index contributed by atoms with van der Waals surface area (Å²) in [7, 11) is 0. The van der Waals surface area contributed by atoms with Gasteiger partial charge in [0, 0.05) is 6.42 Å². The lowest BCUT2D eigenvalue weighted by Gasteiger charge is -2.05. The van der Waals surface area contributed by atoms with Crippen LogP contribution in [-0.2, 0) is 0 Å². The molecule has 1 rings (SSSR count). The van der Waals surface area contributed by atoms with E-state index in [1.807, 2.05) is 0 Å². The molecule has 0 spiro atoms. The molecule has 0 unspecified atom stereocenters. The molecule has 0 saturated heterocycles. The standard InChI is InChI=1S/C14H20O3/c1-2-3-4-5-6-9-12(15)11-8-7-10-13(16)14(11)17/h7-8,10,16-17H,2-6,9H2,1H3. The molecule has 0 aliphatic rings. The molecule has 0 atom stereocenters. The first-order valence-electron chi connectivity index (χ1n) is 6.21. The largest absolute Gasteiger partial charge is 0.504 e. The number of para-hydroxylation sites is 1. The fourth-order valence-electron chi connectivity index (χ4n) is 1.78. The first-order valence-corrected chi connectivity index (χ1v) is 6.21. The number of hydrogen-bond acceptors (Lipinski definition) is 3. The molecule has 0 fully saturated rings. The van der Waals surface area contributed by atoms with Crippen molar-refractivity contribution in [3.8, 4) is 11.5 Å². The van der Waals surface area contributed by atoms with Crippen molar-refractivity contribution in [3.63, 3.8) is 0 Å². The molecule has 0 radical (unpaired) electrons. The second kappa shape index (κ2) is 6.94. The van der Waals surface area contributed by atoms with Gasteiger partial charge in [0.15, 0.2) is 17.3 Å². The Hall–Kier alpha value is -1.51. The van der Waals surface area contributed by atoms with E-state index < -0.39 is 0 Å². The van der Waals surface area contributed by atoms with Crippen LogP contribution in [0.3, 0.4) is 0 Å². The molecule has 0 bridgehead atoms. The van der Waals surface area contributed by atoms with Crippen molar-refractivity contribution in [2.75, 3.05) is 0 Å². The molecule has 2 N–H and O–H groups in total. The molecule has 0 amide bonds. The van der Waals surface area contributed by atoms with E-state index in [1.165, 1.54) is 18.9 Å². The minimum Gasteiger partial charge on any atom is -0.504 e. The number of aromatic hydroxyl groups is 2. The van der Waals surface area contributed by atoms with E-state index in [0.29, 0.717) is 6.42 Å². The maximum atomic E-state index is 11.8. The molecule has 1 aromatic carbocycles. The van der Waals surface area contributed by atoms with Crippen molar-refractivity contribution in [2.24, 2.45) is 0 Å². The van der Waals surface area contributed by atoms with E-state index in [9.17, 15) is 15.0 Å². The SMILES string of the molecule is CCCCCCCC(=O)c1cccc(O)c1O. The Morgan fingerprint density at radius 1 is 1.12 bits per heavy atom. The predicted octanol–water partition coefficient (Wildman–Crippen LogP) is 3.64. The number of unbranched alkanes of at least 4 members (excludes halogenated alkanes) is 4. The van der Waals surface area contributed by atoms with Crippen LogP contribution in [0.2, 0.25) is 0 Å². The number of phenols is 2. The predicted molar refractivity (Wildman–Crippen MR) is 67.5 cm³/mol. The van der Waals surface area contributed by atoms with Crippen molar-refractivity contribution >= 4 is 5.78 Å². The summed E-state index contributed by atoms with van der Waals surface area (Å²) in [6.45, 7) is 2.15. The Bertz CT molecular complexity index is 372. The molecule has 3 nitrogen and oxygen atoms in total. The van der Waals surface area contributed by atoms with E-state index in [4.69, 9.17) is 0 Å². The third-order valence-corrected chi connectivity index (χ3v) is 2.82. The molecular formula is C14H20O3. The van der Waals surface area contributed by atoms with E-state index in [1.54, 1.807) is 12.1 Å². The van der Waals surface area contributed by atoms with E-state index in [2.05, 4.69) is 6.92 Å². The summed E-state index contributed by atoms with van der Waals surface area (Å²) in [6.07, 6.45) is 5.84. The van der Waals surface area contributed by atoms with Crippen molar-refractivity contribution in [3.05, 3.63) is 23.8 Å². The van der Waals surface area contributed by atoms with Crippen molar-refractivity contribution < 1.29 is 15.0 Å². The first kappa shape index (κ1) is 13.6. The quantitative estimate of drug-likeness (QED) is 0.431. The molecule has 0 aliphatic carbocycles. The monoisotopic (exact) mass is 236 g/mol. The van der Waals surface area contributed by atoms with Gasteiger partial charge in [-0.25, -0.2) is 0 Å². The van der Waals surface area contributed by atoms with Gasteiger partial charge in [0.1, 0.15) is 0 Å². The van der Waals surface area contributed by atoms with Crippen LogP contribution in [0.4, 0.5) is 0 Å². The summed E-state index contributed by atoms with van der Waals surface area (Å²) >= 11 is 0. The lowest BCUT2D eigenvalue weighted by molar-refractivity contribution is 0.0976. The Kier molecular flexibility index (Phi) is 5.53. The number of carbonyl (C=O) groups is 1. The summed E-state index contributed by atoms with van der Waals surface area (Å²) in [4.78, 5) is 11.8. The Morgan fingerprint density at radius 3 is 2.53 bits per heavy atom. The zero-order chi connectivity index (χ0) is 12.7. The zero-order valence-corrected chi connectivity index (χ0v) is 10.3. The first-order chi connectivity index (χ1) is 8.16. The van der Waals surface area contributed by atoms with Crippen LogP contribution in [0.15, 0.2) is 18.2 Å². The lowest BCUT2D eigenvalue weighted by Crippen LogP contribution is -1.99. The Morgan fingerprint density at radius 2 is 1.82 bits per heavy atom. The molecule has 94 valence electrons. The van der Waals surface area contributed by atoms with Crippen molar-refractivity contribution in [1.82, 2.24) is 0 Å². The number of rotatable bonds is 7. The highest BCUT2D eigenvalue weighted by atomic mass is 16.3. The van der Waals surface area contributed by atoms with Gasteiger partial charge >= 0.3 is 0 Å². The minimum atomic E-state index is -0.300. The second-order valence-corrected chi connectivity index (χ2v) is 4.26. The van der Waals surface area contributed by atoms with Gasteiger partial charge in [0.2, 0.25) is 0 Å².